The maximum Gasteiger partial charge on any atom is 0.294 e. The average molecular weight is 390 g/mol. The second kappa shape index (κ2) is 7.34. The van der Waals surface area contributed by atoms with E-state index in [9.17, 15) is 18.0 Å². The monoisotopic (exact) mass is 390 g/mol. The SMILES string of the molecule is C=CCC(F)(F)c1cc(-c2ccc(NC(=O)c3ocnc3C)cc2F)n(C)n1. The third-order valence-corrected chi connectivity index (χ3v) is 4.11. The Morgan fingerprint density at radius 2 is 2.14 bits per heavy atom. The molecule has 28 heavy (non-hydrogen) atoms. The topological polar surface area (TPSA) is 73.0 Å². The minimum absolute atomic E-state index is 0.0187. The molecule has 0 spiro atoms. The van der Waals surface area contributed by atoms with Crippen LogP contribution in [0.4, 0.5) is 18.9 Å². The number of alkyl halides is 2. The van der Waals surface area contributed by atoms with E-state index in [-0.39, 0.29) is 22.7 Å². The number of hydrogen-bond acceptors (Lipinski definition) is 4. The quantitative estimate of drug-likeness (QED) is 0.632. The fourth-order valence-electron chi connectivity index (χ4n) is 2.69. The number of rotatable bonds is 6. The highest BCUT2D eigenvalue weighted by Gasteiger charge is 2.34. The third-order valence-electron chi connectivity index (χ3n) is 4.11. The first-order valence-electron chi connectivity index (χ1n) is 8.27. The lowest BCUT2D eigenvalue weighted by molar-refractivity contribution is -0.00592. The van der Waals surface area contributed by atoms with Gasteiger partial charge in [0.2, 0.25) is 5.76 Å². The predicted molar refractivity (Wildman–Crippen MR) is 96.5 cm³/mol. The van der Waals surface area contributed by atoms with Gasteiger partial charge in [0.15, 0.2) is 6.39 Å². The van der Waals surface area contributed by atoms with E-state index >= 15 is 0 Å². The number of hydrogen-bond donors (Lipinski definition) is 1. The molecule has 0 aliphatic rings. The van der Waals surface area contributed by atoms with Crippen LogP contribution >= 0.6 is 0 Å². The normalized spacial score (nSPS) is 11.5. The van der Waals surface area contributed by atoms with Crippen LogP contribution in [0.15, 0.2) is 47.7 Å². The number of carbonyl (C=O) groups excluding carboxylic acids is 1. The van der Waals surface area contributed by atoms with Crippen LogP contribution in [0.3, 0.4) is 0 Å². The highest BCUT2D eigenvalue weighted by atomic mass is 19.3. The molecule has 0 atom stereocenters. The van der Waals surface area contributed by atoms with Gasteiger partial charge in [-0.15, -0.1) is 6.58 Å². The molecule has 0 fully saturated rings. The summed E-state index contributed by atoms with van der Waals surface area (Å²) in [6.07, 6.45) is 1.66. The Morgan fingerprint density at radius 1 is 1.39 bits per heavy atom. The van der Waals surface area contributed by atoms with Crippen molar-refractivity contribution in [3.05, 3.63) is 66.3 Å². The zero-order valence-corrected chi connectivity index (χ0v) is 15.2. The molecule has 0 saturated heterocycles. The molecular formula is C19H17F3N4O2. The first-order chi connectivity index (χ1) is 13.2. The molecule has 3 aromatic rings. The molecule has 2 aromatic heterocycles. The van der Waals surface area contributed by atoms with Crippen LogP contribution < -0.4 is 5.32 Å². The summed E-state index contributed by atoms with van der Waals surface area (Å²) in [5.74, 6) is -4.45. The number of nitrogens with zero attached hydrogens (tertiary/aromatic N) is 3. The number of benzene rings is 1. The molecule has 0 unspecified atom stereocenters. The van der Waals surface area contributed by atoms with Gasteiger partial charge in [-0.1, -0.05) is 6.08 Å². The number of nitrogens with one attached hydrogen (secondary N) is 1. The van der Waals surface area contributed by atoms with E-state index in [1.54, 1.807) is 6.92 Å². The molecule has 0 aliphatic heterocycles. The molecule has 6 nitrogen and oxygen atoms in total. The Morgan fingerprint density at radius 3 is 2.75 bits per heavy atom. The van der Waals surface area contributed by atoms with Crippen molar-refractivity contribution in [2.24, 2.45) is 7.05 Å². The Balaban J connectivity index is 1.87. The molecule has 1 amide bonds. The lowest BCUT2D eigenvalue weighted by atomic mass is 10.1. The molecule has 0 aliphatic carbocycles. The lowest BCUT2D eigenvalue weighted by Crippen LogP contribution is -2.13. The number of carbonyl (C=O) groups is 1. The fourth-order valence-corrected chi connectivity index (χ4v) is 2.69. The zero-order chi connectivity index (χ0) is 20.5. The summed E-state index contributed by atoms with van der Waals surface area (Å²) in [6.45, 7) is 4.91. The Labute approximate surface area is 158 Å². The fraction of sp³-hybridized carbons (Fsp3) is 0.211. The number of anilines is 1. The summed E-state index contributed by atoms with van der Waals surface area (Å²) in [4.78, 5) is 15.9. The van der Waals surface area contributed by atoms with Gasteiger partial charge < -0.3 is 9.73 Å². The molecule has 1 aromatic carbocycles. The maximum absolute atomic E-state index is 14.6. The van der Waals surface area contributed by atoms with Gasteiger partial charge in [0.05, 0.1) is 11.4 Å². The summed E-state index contributed by atoms with van der Waals surface area (Å²) in [6, 6.07) is 5.06. The van der Waals surface area contributed by atoms with Gasteiger partial charge in [-0.3, -0.25) is 9.48 Å². The first kappa shape index (κ1) is 19.4. The number of allylic oxidation sites excluding steroid dienone is 1. The third kappa shape index (κ3) is 3.68. The first-order valence-corrected chi connectivity index (χ1v) is 8.27. The number of halogens is 3. The number of aryl methyl sites for hydroxylation is 2. The molecule has 0 radical (unpaired) electrons. The van der Waals surface area contributed by atoms with Crippen molar-refractivity contribution in [3.63, 3.8) is 0 Å². The summed E-state index contributed by atoms with van der Waals surface area (Å²) in [5.41, 5.74) is 0.367. The van der Waals surface area contributed by atoms with Crippen molar-refractivity contribution >= 4 is 11.6 Å². The highest BCUT2D eigenvalue weighted by Crippen LogP contribution is 2.34. The molecule has 9 heteroatoms. The van der Waals surface area contributed by atoms with Gasteiger partial charge in [-0.2, -0.15) is 13.9 Å². The van der Waals surface area contributed by atoms with Crippen molar-refractivity contribution in [3.8, 4) is 11.3 Å². The van der Waals surface area contributed by atoms with Crippen LogP contribution in [-0.4, -0.2) is 20.7 Å². The molecule has 2 heterocycles. The van der Waals surface area contributed by atoms with Crippen molar-refractivity contribution in [1.82, 2.24) is 14.8 Å². The summed E-state index contributed by atoms with van der Waals surface area (Å²) in [5, 5.41) is 6.30. The van der Waals surface area contributed by atoms with Crippen molar-refractivity contribution in [2.75, 3.05) is 5.32 Å². The van der Waals surface area contributed by atoms with Gasteiger partial charge in [-0.05, 0) is 31.2 Å². The molecular weight excluding hydrogens is 373 g/mol. The second-order valence-electron chi connectivity index (χ2n) is 6.15. The molecule has 0 bridgehead atoms. The average Bonchev–Trinajstić information content (AvgIpc) is 3.21. The molecule has 1 N–H and O–H groups in total. The van der Waals surface area contributed by atoms with E-state index < -0.39 is 29.8 Å². The van der Waals surface area contributed by atoms with E-state index in [1.165, 1.54) is 23.9 Å². The van der Waals surface area contributed by atoms with Crippen LogP contribution in [0.1, 0.15) is 28.4 Å². The van der Waals surface area contributed by atoms with Crippen LogP contribution in [0.25, 0.3) is 11.3 Å². The lowest BCUT2D eigenvalue weighted by Gasteiger charge is -2.09. The van der Waals surface area contributed by atoms with E-state index in [1.807, 2.05) is 0 Å². The smallest absolute Gasteiger partial charge is 0.294 e. The Hall–Kier alpha value is -3.36. The van der Waals surface area contributed by atoms with E-state index in [0.29, 0.717) is 5.69 Å². The maximum atomic E-state index is 14.6. The number of oxazole rings is 1. The van der Waals surface area contributed by atoms with E-state index in [2.05, 4.69) is 22.0 Å². The Kier molecular flexibility index (Phi) is 5.08. The van der Waals surface area contributed by atoms with Gasteiger partial charge in [-0.25, -0.2) is 9.37 Å². The van der Waals surface area contributed by atoms with Crippen molar-refractivity contribution < 1.29 is 22.4 Å². The van der Waals surface area contributed by atoms with Crippen molar-refractivity contribution in [1.29, 1.82) is 0 Å². The van der Waals surface area contributed by atoms with E-state index in [4.69, 9.17) is 4.42 Å². The van der Waals surface area contributed by atoms with Gasteiger partial charge >= 0.3 is 0 Å². The van der Waals surface area contributed by atoms with Crippen LogP contribution in [0, 0.1) is 12.7 Å². The van der Waals surface area contributed by atoms with E-state index in [0.717, 1.165) is 24.6 Å². The summed E-state index contributed by atoms with van der Waals surface area (Å²) < 4.78 is 48.9. The summed E-state index contributed by atoms with van der Waals surface area (Å²) in [7, 11) is 1.45. The summed E-state index contributed by atoms with van der Waals surface area (Å²) >= 11 is 0. The minimum Gasteiger partial charge on any atom is -0.438 e. The van der Waals surface area contributed by atoms with Gasteiger partial charge in [0.1, 0.15) is 11.5 Å². The van der Waals surface area contributed by atoms with Crippen LogP contribution in [0.2, 0.25) is 0 Å². The molecule has 0 saturated carbocycles. The van der Waals surface area contributed by atoms with Crippen molar-refractivity contribution in [2.45, 2.75) is 19.3 Å². The van der Waals surface area contributed by atoms with Gasteiger partial charge in [0, 0.05) is 24.7 Å². The minimum atomic E-state index is -3.20. The zero-order valence-electron chi connectivity index (χ0n) is 15.2. The van der Waals surface area contributed by atoms with Gasteiger partial charge in [0.25, 0.3) is 11.8 Å². The van der Waals surface area contributed by atoms with Crippen LogP contribution in [-0.2, 0) is 13.0 Å². The number of aromatic nitrogens is 3. The molecule has 146 valence electrons. The second-order valence-corrected chi connectivity index (χ2v) is 6.15. The highest BCUT2D eigenvalue weighted by molar-refractivity contribution is 6.02. The van der Waals surface area contributed by atoms with Crippen LogP contribution in [0.5, 0.6) is 0 Å². The largest absolute Gasteiger partial charge is 0.438 e. The predicted octanol–water partition coefficient (Wildman–Crippen LogP) is 4.44. The standard InChI is InChI=1S/C19H17F3N4O2/c1-4-7-19(21,22)16-9-15(26(3)25-16)13-6-5-12(8-14(13)20)24-18(27)17-11(2)23-10-28-17/h4-6,8-10H,1,7H2,2-3H3,(H,24,27). The Bertz CT molecular complexity index is 1040. The number of amides is 1. The molecule has 3 rings (SSSR count).